The molecule has 0 radical (unpaired) electrons. The zero-order valence-corrected chi connectivity index (χ0v) is 15.6. The van der Waals surface area contributed by atoms with Crippen LogP contribution in [-0.2, 0) is 4.74 Å². The highest BCUT2D eigenvalue weighted by atomic mass is 16.6. The zero-order chi connectivity index (χ0) is 19.8. The molecule has 29 heavy (non-hydrogen) atoms. The summed E-state index contributed by atoms with van der Waals surface area (Å²) in [6.45, 7) is 2.32. The number of pyridine rings is 1. The highest BCUT2D eigenvalue weighted by molar-refractivity contribution is 5.95. The number of anilines is 1. The number of hydrogen-bond acceptors (Lipinski definition) is 8. The number of carbonyl (C=O) groups excluding carboxylic acids is 1. The summed E-state index contributed by atoms with van der Waals surface area (Å²) in [7, 11) is 0. The maximum Gasteiger partial charge on any atom is 0.254 e. The van der Waals surface area contributed by atoms with E-state index in [2.05, 4.69) is 15.0 Å². The quantitative estimate of drug-likeness (QED) is 0.698. The molecule has 2 aromatic heterocycles. The van der Waals surface area contributed by atoms with E-state index in [4.69, 9.17) is 19.9 Å². The summed E-state index contributed by atoms with van der Waals surface area (Å²) >= 11 is 0. The van der Waals surface area contributed by atoms with Crippen molar-refractivity contribution in [2.24, 2.45) is 0 Å². The second kappa shape index (κ2) is 7.17. The number of morpholine rings is 1. The highest BCUT2D eigenvalue weighted by Gasteiger charge is 2.28. The maximum absolute atomic E-state index is 13.0. The first-order chi connectivity index (χ1) is 14.2. The minimum atomic E-state index is -0.342. The number of nitrogens with zero attached hydrogens (tertiary/aromatic N) is 4. The molecule has 148 valence electrons. The fourth-order valence-electron chi connectivity index (χ4n) is 3.53. The summed E-state index contributed by atoms with van der Waals surface area (Å²) in [5, 5.41) is 0.691. The van der Waals surface area contributed by atoms with Gasteiger partial charge in [-0.25, -0.2) is 15.0 Å². The topological polar surface area (TPSA) is 113 Å². The Kier molecular flexibility index (Phi) is 4.36. The number of benzene rings is 1. The molecule has 5 rings (SSSR count). The number of carbonyl (C=O) groups is 1. The average Bonchev–Trinajstić information content (AvgIpc) is 2.78. The molecular formula is C20H19N5O4. The van der Waals surface area contributed by atoms with Crippen molar-refractivity contribution < 1.29 is 19.0 Å². The fraction of sp³-hybridized carbons (Fsp3) is 0.300. The van der Waals surface area contributed by atoms with Crippen LogP contribution in [0.15, 0.2) is 36.7 Å². The highest BCUT2D eigenvalue weighted by Crippen LogP contribution is 2.32. The molecular weight excluding hydrogens is 374 g/mol. The molecule has 1 saturated heterocycles. The number of ether oxygens (including phenoxy) is 3. The van der Waals surface area contributed by atoms with E-state index in [0.29, 0.717) is 72.5 Å². The van der Waals surface area contributed by atoms with Gasteiger partial charge in [-0.05, 0) is 30.3 Å². The normalized spacial score (nSPS) is 18.6. The fourth-order valence-corrected chi connectivity index (χ4v) is 3.53. The summed E-state index contributed by atoms with van der Waals surface area (Å²) in [5.41, 5.74) is 7.63. The lowest BCUT2D eigenvalue weighted by molar-refractivity contribution is -0.0246. The van der Waals surface area contributed by atoms with E-state index >= 15 is 0 Å². The molecule has 1 unspecified atom stereocenters. The maximum atomic E-state index is 13.0. The standard InChI is InChI=1S/C20H19N5O4/c21-18-13-2-3-14(24-19(13)23-11-22-18)17-10-25(5-6-27-17)20(26)12-1-4-15-16(9-12)29-8-7-28-15/h1-4,9,11,17H,5-8,10H2,(H2,21,22,23,24). The second-order valence-corrected chi connectivity index (χ2v) is 6.84. The van der Waals surface area contributed by atoms with Gasteiger partial charge < -0.3 is 24.8 Å². The summed E-state index contributed by atoms with van der Waals surface area (Å²) < 4.78 is 17.0. The third kappa shape index (κ3) is 3.29. The monoisotopic (exact) mass is 393 g/mol. The lowest BCUT2D eigenvalue weighted by atomic mass is 10.1. The predicted octanol–water partition coefficient (Wildman–Crippen LogP) is 1.59. The van der Waals surface area contributed by atoms with Crippen LogP contribution in [-0.4, -0.2) is 58.7 Å². The SMILES string of the molecule is Nc1ncnc2nc(C3CN(C(=O)c4ccc5c(c4)OCCO5)CCO3)ccc12. The molecule has 2 aliphatic rings. The number of rotatable bonds is 2. The molecule has 0 saturated carbocycles. The summed E-state index contributed by atoms with van der Waals surface area (Å²) in [6, 6.07) is 8.93. The third-order valence-electron chi connectivity index (χ3n) is 5.02. The molecule has 0 aliphatic carbocycles. The Labute approximate surface area is 166 Å². The molecule has 1 fully saturated rings. The van der Waals surface area contributed by atoms with Gasteiger partial charge in [0.15, 0.2) is 17.1 Å². The van der Waals surface area contributed by atoms with Crippen molar-refractivity contribution in [1.29, 1.82) is 0 Å². The van der Waals surface area contributed by atoms with Crippen molar-refractivity contribution in [2.75, 3.05) is 38.6 Å². The van der Waals surface area contributed by atoms with Crippen LogP contribution < -0.4 is 15.2 Å². The molecule has 9 nitrogen and oxygen atoms in total. The van der Waals surface area contributed by atoms with Crippen molar-refractivity contribution in [3.63, 3.8) is 0 Å². The van der Waals surface area contributed by atoms with E-state index in [1.165, 1.54) is 6.33 Å². The molecule has 1 atom stereocenters. The first-order valence-corrected chi connectivity index (χ1v) is 9.37. The van der Waals surface area contributed by atoms with E-state index < -0.39 is 0 Å². The average molecular weight is 393 g/mol. The third-order valence-corrected chi connectivity index (χ3v) is 5.02. The molecule has 0 bridgehead atoms. The lowest BCUT2D eigenvalue weighted by Crippen LogP contribution is -2.42. The summed E-state index contributed by atoms with van der Waals surface area (Å²) in [6.07, 6.45) is 1.04. The van der Waals surface area contributed by atoms with Crippen LogP contribution in [0.25, 0.3) is 11.0 Å². The molecule has 2 N–H and O–H groups in total. The largest absolute Gasteiger partial charge is 0.486 e. The van der Waals surface area contributed by atoms with E-state index in [0.717, 1.165) is 0 Å². The zero-order valence-electron chi connectivity index (χ0n) is 15.6. The molecule has 2 aliphatic heterocycles. The van der Waals surface area contributed by atoms with Gasteiger partial charge in [-0.1, -0.05) is 0 Å². The number of aromatic nitrogens is 3. The van der Waals surface area contributed by atoms with Gasteiger partial charge in [0.05, 0.1) is 24.2 Å². The number of fused-ring (bicyclic) bond motifs is 2. The van der Waals surface area contributed by atoms with Crippen molar-refractivity contribution in [3.8, 4) is 11.5 Å². The Balaban J connectivity index is 1.37. The van der Waals surface area contributed by atoms with Crippen LogP contribution in [0.1, 0.15) is 22.2 Å². The molecule has 4 heterocycles. The first kappa shape index (κ1) is 17.6. The Morgan fingerprint density at radius 1 is 1.07 bits per heavy atom. The van der Waals surface area contributed by atoms with Crippen molar-refractivity contribution in [3.05, 3.63) is 47.9 Å². The smallest absolute Gasteiger partial charge is 0.254 e. The van der Waals surface area contributed by atoms with E-state index in [-0.39, 0.29) is 12.0 Å². The van der Waals surface area contributed by atoms with E-state index in [1.807, 2.05) is 12.1 Å². The van der Waals surface area contributed by atoms with Gasteiger partial charge in [0.1, 0.15) is 31.5 Å². The Morgan fingerprint density at radius 2 is 1.93 bits per heavy atom. The van der Waals surface area contributed by atoms with Crippen LogP contribution in [0.5, 0.6) is 11.5 Å². The van der Waals surface area contributed by atoms with Crippen LogP contribution in [0.3, 0.4) is 0 Å². The van der Waals surface area contributed by atoms with Gasteiger partial charge in [0.25, 0.3) is 5.91 Å². The Hall–Kier alpha value is -3.46. The van der Waals surface area contributed by atoms with E-state index in [1.54, 1.807) is 23.1 Å². The molecule has 0 spiro atoms. The van der Waals surface area contributed by atoms with Gasteiger partial charge in [-0.15, -0.1) is 0 Å². The lowest BCUT2D eigenvalue weighted by Gasteiger charge is -2.33. The summed E-state index contributed by atoms with van der Waals surface area (Å²) in [4.78, 5) is 27.5. The number of nitrogen functional groups attached to an aromatic ring is 1. The first-order valence-electron chi connectivity index (χ1n) is 9.37. The number of nitrogens with two attached hydrogens (primary N) is 1. The molecule has 1 amide bonds. The van der Waals surface area contributed by atoms with Crippen LogP contribution in [0, 0.1) is 0 Å². The van der Waals surface area contributed by atoms with Crippen molar-refractivity contribution in [1.82, 2.24) is 19.9 Å². The van der Waals surface area contributed by atoms with Gasteiger partial charge in [0.2, 0.25) is 0 Å². The van der Waals surface area contributed by atoms with Crippen molar-refractivity contribution >= 4 is 22.8 Å². The Morgan fingerprint density at radius 3 is 2.83 bits per heavy atom. The Bertz CT molecular complexity index is 1090. The second-order valence-electron chi connectivity index (χ2n) is 6.84. The van der Waals surface area contributed by atoms with Gasteiger partial charge >= 0.3 is 0 Å². The number of amides is 1. The minimum absolute atomic E-state index is 0.0809. The van der Waals surface area contributed by atoms with E-state index in [9.17, 15) is 4.79 Å². The molecule has 9 heteroatoms. The minimum Gasteiger partial charge on any atom is -0.486 e. The van der Waals surface area contributed by atoms with Gasteiger partial charge in [0, 0.05) is 12.1 Å². The van der Waals surface area contributed by atoms with Crippen molar-refractivity contribution in [2.45, 2.75) is 6.10 Å². The predicted molar refractivity (Wildman–Crippen MR) is 104 cm³/mol. The summed E-state index contributed by atoms with van der Waals surface area (Å²) in [5.74, 6) is 1.56. The number of hydrogen-bond donors (Lipinski definition) is 1. The molecule has 1 aromatic carbocycles. The van der Waals surface area contributed by atoms with Gasteiger partial charge in [-0.2, -0.15) is 0 Å². The van der Waals surface area contributed by atoms with Gasteiger partial charge in [-0.3, -0.25) is 4.79 Å². The van der Waals surface area contributed by atoms with Crippen LogP contribution in [0.4, 0.5) is 5.82 Å². The molecule has 3 aromatic rings. The van der Waals surface area contributed by atoms with Crippen LogP contribution in [0.2, 0.25) is 0 Å². The van der Waals surface area contributed by atoms with Crippen LogP contribution >= 0.6 is 0 Å².